The average Bonchev–Trinajstić information content (AvgIpc) is 2.95. The van der Waals surface area contributed by atoms with Gasteiger partial charge >= 0.3 is 12.1 Å². The van der Waals surface area contributed by atoms with Crippen molar-refractivity contribution >= 4 is 18.4 Å². The molecule has 1 fully saturated rings. The zero-order valence-electron chi connectivity index (χ0n) is 12.2. The maximum absolute atomic E-state index is 12.9. The van der Waals surface area contributed by atoms with Crippen LogP contribution in [0.15, 0.2) is 12.3 Å². The lowest BCUT2D eigenvalue weighted by molar-refractivity contribution is -0.188. The predicted octanol–water partition coefficient (Wildman–Crippen LogP) is 2.58. The molecule has 22 heavy (non-hydrogen) atoms. The van der Waals surface area contributed by atoms with Gasteiger partial charge in [0.05, 0.1) is 17.5 Å². The molecule has 0 radical (unpaired) electrons. The van der Waals surface area contributed by atoms with E-state index in [-0.39, 0.29) is 38.1 Å². The van der Waals surface area contributed by atoms with Crippen molar-refractivity contribution in [1.29, 1.82) is 0 Å². The number of hydrogen-bond donors (Lipinski definition) is 1. The van der Waals surface area contributed by atoms with Gasteiger partial charge in [-0.2, -0.15) is 18.3 Å². The highest BCUT2D eigenvalue weighted by Gasteiger charge is 2.52. The third-order valence-corrected chi connectivity index (χ3v) is 3.71. The van der Waals surface area contributed by atoms with Crippen LogP contribution in [0.4, 0.5) is 13.2 Å². The molecule has 1 aromatic rings. The van der Waals surface area contributed by atoms with Crippen LogP contribution in [0.2, 0.25) is 0 Å². The molecule has 0 saturated carbocycles. The van der Waals surface area contributed by atoms with Gasteiger partial charge in [0.2, 0.25) is 0 Å². The third-order valence-electron chi connectivity index (χ3n) is 3.71. The first kappa shape index (κ1) is 18.8. The molecule has 0 bridgehead atoms. The third kappa shape index (κ3) is 4.13. The smallest absolute Gasteiger partial charge is 0.393 e. The molecule has 0 aliphatic carbocycles. The Kier molecular flexibility index (Phi) is 5.86. The first-order valence-corrected chi connectivity index (χ1v) is 6.74. The van der Waals surface area contributed by atoms with Crippen LogP contribution in [0, 0.1) is 11.8 Å². The van der Waals surface area contributed by atoms with Gasteiger partial charge in [-0.15, -0.1) is 12.4 Å². The Morgan fingerprint density at radius 1 is 1.45 bits per heavy atom. The van der Waals surface area contributed by atoms with Crippen molar-refractivity contribution in [3.8, 4) is 0 Å². The molecule has 1 N–H and O–H groups in total. The van der Waals surface area contributed by atoms with E-state index in [4.69, 9.17) is 5.11 Å². The van der Waals surface area contributed by atoms with E-state index >= 15 is 0 Å². The van der Waals surface area contributed by atoms with Crippen LogP contribution in [-0.2, 0) is 11.3 Å². The summed E-state index contributed by atoms with van der Waals surface area (Å²) in [6.45, 7) is 3.73. The SMILES string of the molecule is CC(C)n1ccc(CN2C[C@@H](C(F)(F)F)[C@H](C(=O)O)C2)n1.Cl. The van der Waals surface area contributed by atoms with Gasteiger partial charge in [-0.1, -0.05) is 0 Å². The van der Waals surface area contributed by atoms with E-state index in [1.165, 1.54) is 4.90 Å². The van der Waals surface area contributed by atoms with E-state index in [0.717, 1.165) is 0 Å². The van der Waals surface area contributed by atoms with Crippen LogP contribution in [0.25, 0.3) is 0 Å². The molecular formula is C13H19ClF3N3O2. The number of likely N-dealkylation sites (tertiary alicyclic amines) is 1. The number of halogens is 4. The molecule has 0 unspecified atom stereocenters. The van der Waals surface area contributed by atoms with Gasteiger partial charge in [-0.05, 0) is 19.9 Å². The lowest BCUT2D eigenvalue weighted by Crippen LogP contribution is -2.33. The zero-order chi connectivity index (χ0) is 15.8. The Hall–Kier alpha value is -1.28. The lowest BCUT2D eigenvalue weighted by atomic mass is 9.96. The van der Waals surface area contributed by atoms with E-state index in [9.17, 15) is 18.0 Å². The lowest BCUT2D eigenvalue weighted by Gasteiger charge is -2.18. The Morgan fingerprint density at radius 2 is 2.09 bits per heavy atom. The minimum absolute atomic E-state index is 0. The summed E-state index contributed by atoms with van der Waals surface area (Å²) >= 11 is 0. The van der Waals surface area contributed by atoms with E-state index < -0.39 is 24.0 Å². The van der Waals surface area contributed by atoms with Crippen molar-refractivity contribution in [3.63, 3.8) is 0 Å². The van der Waals surface area contributed by atoms with Crippen molar-refractivity contribution in [3.05, 3.63) is 18.0 Å². The first-order chi connectivity index (χ1) is 9.68. The maximum Gasteiger partial charge on any atom is 0.393 e. The molecule has 0 aromatic carbocycles. The van der Waals surface area contributed by atoms with Crippen molar-refractivity contribution in [2.75, 3.05) is 13.1 Å². The quantitative estimate of drug-likeness (QED) is 0.914. The number of nitrogens with zero attached hydrogens (tertiary/aromatic N) is 3. The summed E-state index contributed by atoms with van der Waals surface area (Å²) in [5.41, 5.74) is 0.649. The highest BCUT2D eigenvalue weighted by atomic mass is 35.5. The fourth-order valence-corrected chi connectivity index (χ4v) is 2.57. The van der Waals surface area contributed by atoms with Gasteiger partial charge in [0.25, 0.3) is 0 Å². The molecule has 5 nitrogen and oxygen atoms in total. The van der Waals surface area contributed by atoms with Crippen LogP contribution in [0.3, 0.4) is 0 Å². The van der Waals surface area contributed by atoms with E-state index in [2.05, 4.69) is 5.10 Å². The van der Waals surface area contributed by atoms with Crippen molar-refractivity contribution in [2.24, 2.45) is 11.8 Å². The van der Waals surface area contributed by atoms with Crippen LogP contribution in [0.1, 0.15) is 25.6 Å². The summed E-state index contributed by atoms with van der Waals surface area (Å²) in [5.74, 6) is -4.62. The molecule has 1 saturated heterocycles. The van der Waals surface area contributed by atoms with Gasteiger partial charge in [0, 0.05) is 31.9 Å². The molecule has 2 atom stereocenters. The van der Waals surface area contributed by atoms with Crippen LogP contribution in [-0.4, -0.2) is 45.0 Å². The van der Waals surface area contributed by atoms with Gasteiger partial charge in [0.15, 0.2) is 0 Å². The topological polar surface area (TPSA) is 58.4 Å². The van der Waals surface area contributed by atoms with E-state index in [0.29, 0.717) is 5.69 Å². The minimum Gasteiger partial charge on any atom is -0.481 e. The number of rotatable bonds is 4. The molecular weight excluding hydrogens is 323 g/mol. The Labute approximate surface area is 132 Å². The standard InChI is InChI=1S/C13H18F3N3O2.ClH/c1-8(2)19-4-3-9(17-19)5-18-6-10(12(20)21)11(7-18)13(14,15)16;/h3-4,8,10-11H,5-7H2,1-2H3,(H,20,21);1H/t10-,11-;/m1./s1. The molecule has 2 rings (SSSR count). The minimum atomic E-state index is -4.49. The van der Waals surface area contributed by atoms with Gasteiger partial charge in [-0.25, -0.2) is 0 Å². The molecule has 1 aliphatic heterocycles. The second-order valence-electron chi connectivity index (χ2n) is 5.67. The van der Waals surface area contributed by atoms with Crippen LogP contribution < -0.4 is 0 Å². The van der Waals surface area contributed by atoms with Gasteiger partial charge in [-0.3, -0.25) is 14.4 Å². The number of carbonyl (C=O) groups is 1. The van der Waals surface area contributed by atoms with Crippen molar-refractivity contribution in [2.45, 2.75) is 32.6 Å². The summed E-state index contributed by atoms with van der Waals surface area (Å²) in [5, 5.41) is 13.2. The molecule has 0 spiro atoms. The van der Waals surface area contributed by atoms with Crippen LogP contribution in [0.5, 0.6) is 0 Å². The average molecular weight is 342 g/mol. The summed E-state index contributed by atoms with van der Waals surface area (Å²) in [7, 11) is 0. The van der Waals surface area contributed by atoms with E-state index in [1.807, 2.05) is 13.8 Å². The van der Waals surface area contributed by atoms with Crippen LogP contribution >= 0.6 is 12.4 Å². The predicted molar refractivity (Wildman–Crippen MR) is 75.8 cm³/mol. The zero-order valence-corrected chi connectivity index (χ0v) is 13.1. The van der Waals surface area contributed by atoms with Gasteiger partial charge in [0.1, 0.15) is 0 Å². The largest absolute Gasteiger partial charge is 0.481 e. The number of aliphatic carboxylic acids is 1. The number of alkyl halides is 3. The number of aromatic nitrogens is 2. The molecule has 1 aliphatic rings. The summed E-state index contributed by atoms with van der Waals surface area (Å²) < 4.78 is 40.4. The fourth-order valence-electron chi connectivity index (χ4n) is 2.57. The molecule has 1 aromatic heterocycles. The Bertz CT molecular complexity index is 519. The number of carboxylic acid groups (broad SMARTS) is 1. The van der Waals surface area contributed by atoms with Crippen molar-refractivity contribution in [1.82, 2.24) is 14.7 Å². The number of carboxylic acids is 1. The summed E-state index contributed by atoms with van der Waals surface area (Å²) in [6, 6.07) is 1.92. The second-order valence-corrected chi connectivity index (χ2v) is 5.67. The first-order valence-electron chi connectivity index (χ1n) is 6.74. The molecule has 2 heterocycles. The highest BCUT2D eigenvalue weighted by molar-refractivity contribution is 5.85. The second kappa shape index (κ2) is 6.87. The highest BCUT2D eigenvalue weighted by Crippen LogP contribution is 2.38. The van der Waals surface area contributed by atoms with E-state index in [1.54, 1.807) is 16.9 Å². The van der Waals surface area contributed by atoms with Crippen molar-refractivity contribution < 1.29 is 23.1 Å². The monoisotopic (exact) mass is 341 g/mol. The molecule has 9 heteroatoms. The molecule has 126 valence electrons. The maximum atomic E-state index is 12.9. The normalized spacial score (nSPS) is 22.8. The van der Waals surface area contributed by atoms with Gasteiger partial charge < -0.3 is 5.11 Å². The molecule has 0 amide bonds. The Balaban J connectivity index is 0.00000242. The Morgan fingerprint density at radius 3 is 2.50 bits per heavy atom. The fraction of sp³-hybridized carbons (Fsp3) is 0.692. The summed E-state index contributed by atoms with van der Waals surface area (Å²) in [4.78, 5) is 12.5. The number of hydrogen-bond acceptors (Lipinski definition) is 3. The summed E-state index contributed by atoms with van der Waals surface area (Å²) in [6.07, 6.45) is -2.72.